The minimum atomic E-state index is -1.47. The van der Waals surface area contributed by atoms with Gasteiger partial charge in [0.2, 0.25) is 0 Å². The van der Waals surface area contributed by atoms with Crippen LogP contribution in [0.25, 0.3) is 10.8 Å². The highest BCUT2D eigenvalue weighted by Crippen LogP contribution is 2.34. The van der Waals surface area contributed by atoms with E-state index in [1.54, 1.807) is 32.9 Å². The van der Waals surface area contributed by atoms with Crippen LogP contribution >= 0.6 is 0 Å². The minimum Gasteiger partial charge on any atom is -0.480 e. The summed E-state index contributed by atoms with van der Waals surface area (Å²) in [5.41, 5.74) is 4.60. The molecule has 1 atom stereocenters. The van der Waals surface area contributed by atoms with Crippen LogP contribution in [0, 0.1) is 5.92 Å². The molecule has 2 amide bonds. The maximum atomic E-state index is 13.1. The summed E-state index contributed by atoms with van der Waals surface area (Å²) in [7, 11) is 0. The topological polar surface area (TPSA) is 131 Å². The largest absolute Gasteiger partial charge is 0.480 e. The molecule has 1 saturated carbocycles. The van der Waals surface area contributed by atoms with Crippen LogP contribution in [0.15, 0.2) is 36.4 Å². The monoisotopic (exact) mass is 455 g/mol. The summed E-state index contributed by atoms with van der Waals surface area (Å²) in [6, 6.07) is 10.8. The van der Waals surface area contributed by atoms with Gasteiger partial charge in [0.25, 0.3) is 5.91 Å². The second-order valence-electron chi connectivity index (χ2n) is 9.94. The van der Waals surface area contributed by atoms with Gasteiger partial charge in [0.05, 0.1) is 5.56 Å². The quantitative estimate of drug-likeness (QED) is 0.503. The zero-order valence-electron chi connectivity index (χ0n) is 19.6. The first-order valence-electron chi connectivity index (χ1n) is 11.2. The van der Waals surface area contributed by atoms with Gasteiger partial charge in [-0.25, -0.2) is 9.59 Å². The molecule has 2 aromatic rings. The fourth-order valence-electron chi connectivity index (χ4n) is 4.38. The molecule has 0 heterocycles. The number of ether oxygens (including phenoxy) is 1. The summed E-state index contributed by atoms with van der Waals surface area (Å²) < 4.78 is 5.30. The number of nitrogens with two attached hydrogens (primary N) is 1. The van der Waals surface area contributed by atoms with E-state index >= 15 is 0 Å². The molecule has 33 heavy (non-hydrogen) atoms. The Morgan fingerprint density at radius 1 is 1.00 bits per heavy atom. The number of carbonyl (C=O) groups is 3. The van der Waals surface area contributed by atoms with Crippen LogP contribution in [0.4, 0.5) is 10.5 Å². The van der Waals surface area contributed by atoms with Crippen molar-refractivity contribution in [3.63, 3.8) is 0 Å². The summed E-state index contributed by atoms with van der Waals surface area (Å²) in [4.78, 5) is 37.4. The van der Waals surface area contributed by atoms with E-state index in [0.717, 1.165) is 10.8 Å². The normalized spacial score (nSPS) is 20.5. The first-order valence-corrected chi connectivity index (χ1v) is 11.2. The van der Waals surface area contributed by atoms with Crippen molar-refractivity contribution < 1.29 is 24.2 Å². The zero-order valence-corrected chi connectivity index (χ0v) is 19.6. The number of fused-ring (bicyclic) bond motifs is 1. The van der Waals surface area contributed by atoms with E-state index in [1.807, 2.05) is 24.3 Å². The zero-order chi connectivity index (χ0) is 24.4. The molecule has 1 aliphatic rings. The molecule has 1 unspecified atom stereocenters. The third kappa shape index (κ3) is 5.74. The molecule has 0 bridgehead atoms. The molecule has 8 nitrogen and oxygen atoms in total. The Labute approximate surface area is 193 Å². The lowest BCUT2D eigenvalue weighted by atomic mass is 9.74. The van der Waals surface area contributed by atoms with Gasteiger partial charge in [-0.05, 0) is 82.2 Å². The molecule has 0 aliphatic heterocycles. The van der Waals surface area contributed by atoms with Gasteiger partial charge >= 0.3 is 12.1 Å². The number of anilines is 1. The molecule has 0 saturated heterocycles. The van der Waals surface area contributed by atoms with Crippen molar-refractivity contribution in [3.8, 4) is 0 Å². The van der Waals surface area contributed by atoms with Gasteiger partial charge in [-0.15, -0.1) is 0 Å². The van der Waals surface area contributed by atoms with E-state index in [4.69, 9.17) is 10.5 Å². The number of carbonyl (C=O) groups excluding carboxylic acids is 2. The highest BCUT2D eigenvalue weighted by Gasteiger charge is 2.44. The average molecular weight is 456 g/mol. The number of nitrogens with one attached hydrogen (secondary N) is 2. The molecule has 0 spiro atoms. The number of hydrogen-bond donors (Lipinski definition) is 4. The summed E-state index contributed by atoms with van der Waals surface area (Å²) in [6.45, 7) is 6.93. The second kappa shape index (κ2) is 9.29. The first-order chi connectivity index (χ1) is 15.4. The number of carboxylic acid groups (broad SMARTS) is 1. The molecule has 0 aromatic heterocycles. The van der Waals surface area contributed by atoms with Gasteiger partial charge in [0.1, 0.15) is 11.1 Å². The fraction of sp³-hybridized carbons (Fsp3) is 0.480. The van der Waals surface area contributed by atoms with Gasteiger partial charge in [0.15, 0.2) is 0 Å². The summed E-state index contributed by atoms with van der Waals surface area (Å²) in [5, 5.41) is 17.4. The molecule has 0 radical (unpaired) electrons. The lowest BCUT2D eigenvalue weighted by molar-refractivity contribution is -0.146. The Balaban J connectivity index is 1.70. The van der Waals surface area contributed by atoms with Gasteiger partial charge in [-0.1, -0.05) is 24.3 Å². The van der Waals surface area contributed by atoms with E-state index in [9.17, 15) is 19.5 Å². The Bertz CT molecular complexity index is 1050. The number of carboxylic acids is 1. The van der Waals surface area contributed by atoms with E-state index in [-0.39, 0.29) is 17.5 Å². The number of benzene rings is 2. The Kier molecular flexibility index (Phi) is 6.86. The van der Waals surface area contributed by atoms with E-state index < -0.39 is 29.1 Å². The number of alkyl carbamates (subject to hydrolysis) is 1. The second-order valence-corrected chi connectivity index (χ2v) is 9.94. The van der Waals surface area contributed by atoms with Crippen LogP contribution in [0.1, 0.15) is 63.7 Å². The molecule has 178 valence electrons. The third-order valence-electron chi connectivity index (χ3n) is 6.24. The van der Waals surface area contributed by atoms with Crippen LogP contribution in [0.3, 0.4) is 0 Å². The van der Waals surface area contributed by atoms with Crippen molar-refractivity contribution in [1.82, 2.24) is 10.6 Å². The highest BCUT2D eigenvalue weighted by atomic mass is 16.6. The Morgan fingerprint density at radius 2 is 1.58 bits per heavy atom. The molecule has 2 aromatic carbocycles. The third-order valence-corrected chi connectivity index (χ3v) is 6.24. The van der Waals surface area contributed by atoms with Crippen molar-refractivity contribution in [2.45, 2.75) is 70.6 Å². The lowest BCUT2D eigenvalue weighted by Crippen LogP contribution is -2.58. The molecule has 5 N–H and O–H groups in total. The van der Waals surface area contributed by atoms with Crippen molar-refractivity contribution in [2.75, 3.05) is 5.73 Å². The Morgan fingerprint density at radius 3 is 2.12 bits per heavy atom. The standard InChI is InChI=1S/C25H33N3O5/c1-24(2,3)33-23(32)27-18-11-9-17(10-12-18)25(4,22(30)31)28-21(29)19-13-15-7-5-6-8-16(15)14-20(19)26/h5-8,13-14,17-18H,9-12,26H2,1-4H3,(H,27,32)(H,28,29)(H,30,31)/t17-,18-,25?. The van der Waals surface area contributed by atoms with Gasteiger partial charge in [0, 0.05) is 11.7 Å². The van der Waals surface area contributed by atoms with Crippen LogP contribution in [0.5, 0.6) is 0 Å². The number of nitrogen functional groups attached to an aromatic ring is 1. The summed E-state index contributed by atoms with van der Waals surface area (Å²) in [6.07, 6.45) is 1.79. The number of hydrogen-bond acceptors (Lipinski definition) is 5. The average Bonchev–Trinajstić information content (AvgIpc) is 2.72. The first kappa shape index (κ1) is 24.4. The maximum absolute atomic E-state index is 13.1. The SMILES string of the molecule is CC(C)(C)OC(=O)N[C@H]1CC[C@H](C(C)(NC(=O)c2cc3ccccc3cc2N)C(=O)O)CC1. The highest BCUT2D eigenvalue weighted by molar-refractivity contribution is 6.05. The number of rotatable bonds is 5. The van der Waals surface area contributed by atoms with Crippen molar-refractivity contribution in [3.05, 3.63) is 42.0 Å². The summed E-state index contributed by atoms with van der Waals surface area (Å²) in [5.74, 6) is -1.91. The predicted octanol–water partition coefficient (Wildman–Crippen LogP) is 4.08. The van der Waals surface area contributed by atoms with Crippen LogP contribution in [-0.4, -0.2) is 40.3 Å². The molecule has 8 heteroatoms. The molecule has 1 aliphatic carbocycles. The number of aliphatic carboxylic acids is 1. The maximum Gasteiger partial charge on any atom is 0.407 e. The van der Waals surface area contributed by atoms with Crippen molar-refractivity contribution in [2.24, 2.45) is 5.92 Å². The van der Waals surface area contributed by atoms with Gasteiger partial charge in [-0.2, -0.15) is 0 Å². The lowest BCUT2D eigenvalue weighted by Gasteiger charge is -2.39. The smallest absolute Gasteiger partial charge is 0.407 e. The predicted molar refractivity (Wildman–Crippen MR) is 127 cm³/mol. The molecule has 1 fully saturated rings. The van der Waals surface area contributed by atoms with E-state index in [0.29, 0.717) is 31.4 Å². The fourth-order valence-corrected chi connectivity index (χ4v) is 4.38. The van der Waals surface area contributed by atoms with Crippen molar-refractivity contribution >= 4 is 34.4 Å². The van der Waals surface area contributed by atoms with Crippen LogP contribution < -0.4 is 16.4 Å². The van der Waals surface area contributed by atoms with E-state index in [2.05, 4.69) is 10.6 Å². The Hall–Kier alpha value is -3.29. The van der Waals surface area contributed by atoms with Crippen molar-refractivity contribution in [1.29, 1.82) is 0 Å². The minimum absolute atomic E-state index is 0.0963. The van der Waals surface area contributed by atoms with Crippen LogP contribution in [-0.2, 0) is 9.53 Å². The van der Waals surface area contributed by atoms with E-state index in [1.165, 1.54) is 6.92 Å². The van der Waals surface area contributed by atoms with Gasteiger partial charge in [-0.3, -0.25) is 4.79 Å². The van der Waals surface area contributed by atoms with Gasteiger partial charge < -0.3 is 26.2 Å². The molecule has 3 rings (SSSR count). The molecular weight excluding hydrogens is 422 g/mol. The summed E-state index contributed by atoms with van der Waals surface area (Å²) >= 11 is 0. The number of amides is 2. The van der Waals surface area contributed by atoms with Crippen LogP contribution in [0.2, 0.25) is 0 Å². The molecular formula is C25H33N3O5.